The van der Waals surface area contributed by atoms with E-state index in [1.165, 1.54) is 6.92 Å². The van der Waals surface area contributed by atoms with Crippen LogP contribution in [0.4, 0.5) is 26.3 Å². The van der Waals surface area contributed by atoms with Gasteiger partial charge in [0.2, 0.25) is 0 Å². The van der Waals surface area contributed by atoms with E-state index in [2.05, 4.69) is 35.6 Å². The fourth-order valence-electron chi connectivity index (χ4n) is 2.47. The Labute approximate surface area is 179 Å². The molecule has 0 unspecified atom stereocenters. The number of alkyl halides is 6. The molecule has 0 aliphatic carbocycles. The molecule has 3 heterocycles. The van der Waals surface area contributed by atoms with Crippen LogP contribution in [0.3, 0.4) is 0 Å². The lowest BCUT2D eigenvalue weighted by molar-refractivity contribution is -0.153. The van der Waals surface area contributed by atoms with E-state index < -0.39 is 50.9 Å². The maximum absolute atomic E-state index is 12.9. The predicted octanol–water partition coefficient (Wildman–Crippen LogP) is 4.31. The van der Waals surface area contributed by atoms with E-state index in [0.717, 1.165) is 23.0 Å². The highest BCUT2D eigenvalue weighted by atomic mass is 79.9. The van der Waals surface area contributed by atoms with Crippen molar-refractivity contribution in [1.29, 1.82) is 0 Å². The second-order valence-corrected chi connectivity index (χ2v) is 9.07. The van der Waals surface area contributed by atoms with Gasteiger partial charge in [-0.25, -0.2) is 23.4 Å². The molecule has 3 aromatic rings. The molecular formula is C16H11BrF6N4O3S. The topological polar surface area (TPSA) is 86.5 Å². The number of ether oxygens (including phenoxy) is 1. The van der Waals surface area contributed by atoms with E-state index in [0.29, 0.717) is 6.07 Å². The number of aromatic nitrogens is 4. The smallest absolute Gasteiger partial charge is 0.433 e. The lowest BCUT2D eigenvalue weighted by atomic mass is 10.3. The fourth-order valence-corrected chi connectivity index (χ4v) is 4.07. The fraction of sp³-hybridized carbons (Fsp3) is 0.312. The molecule has 0 saturated carbocycles. The first kappa shape index (κ1) is 23.2. The van der Waals surface area contributed by atoms with Crippen molar-refractivity contribution in [2.45, 2.75) is 24.2 Å². The molecule has 0 spiro atoms. The molecule has 0 amide bonds. The summed E-state index contributed by atoms with van der Waals surface area (Å²) in [4.78, 5) is 10.7. The molecule has 0 aromatic carbocycles. The minimum Gasteiger partial charge on any atom is -0.482 e. The molecule has 0 saturated heterocycles. The molecule has 0 radical (unpaired) electrons. The van der Waals surface area contributed by atoms with Gasteiger partial charge in [0.25, 0.3) is 0 Å². The molecule has 0 bridgehead atoms. The van der Waals surface area contributed by atoms with Gasteiger partial charge in [0.15, 0.2) is 16.4 Å². The van der Waals surface area contributed by atoms with Crippen LogP contribution in [-0.4, -0.2) is 46.3 Å². The van der Waals surface area contributed by atoms with Crippen molar-refractivity contribution in [3.63, 3.8) is 0 Å². The minimum absolute atomic E-state index is 0.0488. The Kier molecular flexibility index (Phi) is 5.94. The Bertz CT molecular complexity index is 1240. The molecular weight excluding hydrogens is 522 g/mol. The van der Waals surface area contributed by atoms with Gasteiger partial charge in [-0.05, 0) is 15.9 Å². The molecule has 3 rings (SSSR count). The number of nitrogens with zero attached hydrogens (tertiary/aromatic N) is 4. The molecule has 15 heteroatoms. The molecule has 0 N–H and O–H groups in total. The third kappa shape index (κ3) is 4.92. The zero-order valence-electron chi connectivity index (χ0n) is 15.3. The Morgan fingerprint density at radius 2 is 1.77 bits per heavy atom. The van der Waals surface area contributed by atoms with Gasteiger partial charge in [-0.2, -0.15) is 26.3 Å². The third-order valence-electron chi connectivity index (χ3n) is 3.92. The van der Waals surface area contributed by atoms with Gasteiger partial charge >= 0.3 is 12.4 Å². The van der Waals surface area contributed by atoms with Crippen molar-refractivity contribution in [1.82, 2.24) is 19.4 Å². The number of pyridine rings is 1. The summed E-state index contributed by atoms with van der Waals surface area (Å²) >= 11 is 3.13. The normalized spacial score (nSPS) is 13.0. The van der Waals surface area contributed by atoms with Crippen LogP contribution in [0.25, 0.3) is 17.0 Å². The number of sulfone groups is 1. The van der Waals surface area contributed by atoms with Crippen LogP contribution < -0.4 is 4.74 Å². The molecule has 3 aromatic heterocycles. The zero-order chi connectivity index (χ0) is 23.2. The van der Waals surface area contributed by atoms with Gasteiger partial charge in [0.05, 0.1) is 16.8 Å². The summed E-state index contributed by atoms with van der Waals surface area (Å²) in [6.07, 6.45) is -7.68. The summed E-state index contributed by atoms with van der Waals surface area (Å²) in [5.74, 6) is -0.871. The van der Waals surface area contributed by atoms with Crippen molar-refractivity contribution in [2.24, 2.45) is 0 Å². The van der Waals surface area contributed by atoms with Crippen molar-refractivity contribution in [2.75, 3.05) is 12.4 Å². The van der Waals surface area contributed by atoms with Crippen LogP contribution in [-0.2, 0) is 16.0 Å². The highest BCUT2D eigenvalue weighted by molar-refractivity contribution is 9.10. The number of hydrogen-bond acceptors (Lipinski definition) is 6. The second kappa shape index (κ2) is 7.93. The van der Waals surface area contributed by atoms with Gasteiger partial charge in [0, 0.05) is 12.1 Å². The van der Waals surface area contributed by atoms with Crippen LogP contribution in [0.2, 0.25) is 0 Å². The van der Waals surface area contributed by atoms with Gasteiger partial charge in [-0.3, -0.25) is 4.40 Å². The average molecular weight is 533 g/mol. The lowest BCUT2D eigenvalue weighted by Crippen LogP contribution is -2.19. The number of halogens is 7. The molecule has 168 valence electrons. The summed E-state index contributed by atoms with van der Waals surface area (Å²) in [5, 5.41) is 0. The van der Waals surface area contributed by atoms with Crippen molar-refractivity contribution >= 4 is 31.4 Å². The SMILES string of the molecule is CCS(=O)(=O)c1cc(OCC(F)(F)F)cnc1-c1nc2cc(C(F)(F)F)ncn2c1Br. The number of imidazole rings is 1. The van der Waals surface area contributed by atoms with E-state index in [1.807, 2.05) is 0 Å². The highest BCUT2D eigenvalue weighted by Crippen LogP contribution is 2.35. The first-order valence-corrected chi connectivity index (χ1v) is 10.7. The number of rotatable bonds is 5. The van der Waals surface area contributed by atoms with Crippen LogP contribution in [0.15, 0.2) is 34.2 Å². The largest absolute Gasteiger partial charge is 0.482 e. The second-order valence-electron chi connectivity index (χ2n) is 6.08. The van der Waals surface area contributed by atoms with Gasteiger partial charge in [-0.1, -0.05) is 6.92 Å². The summed E-state index contributed by atoms with van der Waals surface area (Å²) in [6, 6.07) is 1.52. The first-order valence-electron chi connectivity index (χ1n) is 8.26. The van der Waals surface area contributed by atoms with E-state index in [4.69, 9.17) is 0 Å². The maximum Gasteiger partial charge on any atom is 0.433 e. The quantitative estimate of drug-likeness (QED) is 0.455. The van der Waals surface area contributed by atoms with Gasteiger partial charge in [-0.15, -0.1) is 0 Å². The molecule has 0 atom stereocenters. The minimum atomic E-state index is -4.73. The molecule has 31 heavy (non-hydrogen) atoms. The third-order valence-corrected chi connectivity index (χ3v) is 6.42. The van der Waals surface area contributed by atoms with Crippen LogP contribution in [0.5, 0.6) is 5.75 Å². The Hall–Kier alpha value is -2.42. The van der Waals surface area contributed by atoms with E-state index in [1.54, 1.807) is 0 Å². The van der Waals surface area contributed by atoms with Crippen LogP contribution >= 0.6 is 15.9 Å². The van der Waals surface area contributed by atoms with E-state index in [9.17, 15) is 34.8 Å². The van der Waals surface area contributed by atoms with E-state index >= 15 is 0 Å². The summed E-state index contributed by atoms with van der Waals surface area (Å²) in [7, 11) is -4.03. The summed E-state index contributed by atoms with van der Waals surface area (Å²) in [6.45, 7) is -0.357. The van der Waals surface area contributed by atoms with Gasteiger partial charge < -0.3 is 4.74 Å². The number of hydrogen-bond donors (Lipinski definition) is 0. The Morgan fingerprint density at radius 1 is 1.10 bits per heavy atom. The van der Waals surface area contributed by atoms with Gasteiger partial charge in [0.1, 0.15) is 39.4 Å². The first-order chi connectivity index (χ1) is 14.2. The number of fused-ring (bicyclic) bond motifs is 1. The molecule has 7 nitrogen and oxygen atoms in total. The van der Waals surface area contributed by atoms with E-state index in [-0.39, 0.29) is 21.6 Å². The molecule has 0 fully saturated rings. The van der Waals surface area contributed by atoms with Crippen molar-refractivity contribution in [3.05, 3.63) is 35.0 Å². The Balaban J connectivity index is 2.17. The summed E-state index contributed by atoms with van der Waals surface area (Å²) < 4.78 is 107. The zero-order valence-corrected chi connectivity index (χ0v) is 17.7. The van der Waals surface area contributed by atoms with Crippen molar-refractivity contribution < 1.29 is 39.5 Å². The van der Waals surface area contributed by atoms with Crippen LogP contribution in [0, 0.1) is 0 Å². The summed E-state index contributed by atoms with van der Waals surface area (Å²) in [5.41, 5.74) is -1.83. The monoisotopic (exact) mass is 532 g/mol. The predicted molar refractivity (Wildman–Crippen MR) is 98.2 cm³/mol. The Morgan fingerprint density at radius 3 is 2.35 bits per heavy atom. The van der Waals surface area contributed by atoms with Crippen molar-refractivity contribution in [3.8, 4) is 17.1 Å². The lowest BCUT2D eigenvalue weighted by Gasteiger charge is -2.12. The molecule has 0 aliphatic heterocycles. The highest BCUT2D eigenvalue weighted by Gasteiger charge is 2.34. The average Bonchev–Trinajstić information content (AvgIpc) is 3.01. The standard InChI is InChI=1S/C16H11BrF6N4O3S/c1-2-31(28,29)9-3-8(30-6-15(18,19)20)5-24-12(9)13-14(17)27-7-25-10(16(21,22)23)4-11(27)26-13/h3-5,7H,2,6H2,1H3. The molecule has 0 aliphatic rings. The van der Waals surface area contributed by atoms with Crippen LogP contribution in [0.1, 0.15) is 12.6 Å². The maximum atomic E-state index is 12.9.